The highest BCUT2D eigenvalue weighted by Crippen LogP contribution is 2.18. The standard InChI is InChI=1S/C11H15N5/c1-3-8-7-9(12)10(4-2)15-11(8)16-13-5-6-14-16/h5-7H,3-4,12H2,1-2H3. The Bertz CT molecular complexity index is 475. The van der Waals surface area contributed by atoms with E-state index in [-0.39, 0.29) is 0 Å². The fraction of sp³-hybridized carbons (Fsp3) is 0.364. The van der Waals surface area contributed by atoms with Crippen LogP contribution in [0.5, 0.6) is 0 Å². The van der Waals surface area contributed by atoms with Crippen LogP contribution < -0.4 is 5.73 Å². The number of aromatic nitrogens is 4. The topological polar surface area (TPSA) is 69.6 Å². The normalized spacial score (nSPS) is 10.6. The minimum atomic E-state index is 0.746. The van der Waals surface area contributed by atoms with Gasteiger partial charge >= 0.3 is 0 Å². The molecule has 0 radical (unpaired) electrons. The van der Waals surface area contributed by atoms with Gasteiger partial charge in [0.1, 0.15) is 0 Å². The van der Waals surface area contributed by atoms with Gasteiger partial charge in [-0.3, -0.25) is 0 Å². The number of nitrogens with two attached hydrogens (primary N) is 1. The van der Waals surface area contributed by atoms with Crippen molar-refractivity contribution in [3.8, 4) is 5.82 Å². The highest BCUT2D eigenvalue weighted by atomic mass is 15.5. The molecule has 0 aromatic carbocycles. The minimum Gasteiger partial charge on any atom is -0.397 e. The number of anilines is 1. The lowest BCUT2D eigenvalue weighted by molar-refractivity contribution is 0.713. The predicted molar refractivity (Wildman–Crippen MR) is 62.3 cm³/mol. The fourth-order valence-electron chi connectivity index (χ4n) is 1.64. The summed E-state index contributed by atoms with van der Waals surface area (Å²) in [7, 11) is 0. The quantitative estimate of drug-likeness (QED) is 0.843. The Labute approximate surface area is 94.3 Å². The third-order valence-electron chi connectivity index (χ3n) is 2.52. The number of rotatable bonds is 3. The molecule has 5 heteroatoms. The monoisotopic (exact) mass is 217 g/mol. The van der Waals surface area contributed by atoms with Crippen LogP contribution >= 0.6 is 0 Å². The van der Waals surface area contributed by atoms with Crippen molar-refractivity contribution in [1.82, 2.24) is 20.0 Å². The maximum atomic E-state index is 5.92. The van der Waals surface area contributed by atoms with E-state index < -0.39 is 0 Å². The van der Waals surface area contributed by atoms with Gasteiger partial charge in [0.25, 0.3) is 0 Å². The third-order valence-corrected chi connectivity index (χ3v) is 2.52. The Morgan fingerprint density at radius 3 is 2.44 bits per heavy atom. The molecule has 0 bridgehead atoms. The van der Waals surface area contributed by atoms with E-state index in [2.05, 4.69) is 22.1 Å². The molecule has 0 saturated carbocycles. The molecule has 2 heterocycles. The molecule has 2 aromatic heterocycles. The van der Waals surface area contributed by atoms with Gasteiger partial charge in [-0.2, -0.15) is 10.2 Å². The van der Waals surface area contributed by atoms with Crippen LogP contribution in [-0.2, 0) is 12.8 Å². The summed E-state index contributed by atoms with van der Waals surface area (Å²) in [6.07, 6.45) is 4.95. The average Bonchev–Trinajstić information content (AvgIpc) is 2.82. The Kier molecular flexibility index (Phi) is 2.85. The first-order chi connectivity index (χ1) is 7.76. The van der Waals surface area contributed by atoms with Gasteiger partial charge in [-0.15, -0.1) is 4.80 Å². The summed E-state index contributed by atoms with van der Waals surface area (Å²) >= 11 is 0. The number of hydrogen-bond acceptors (Lipinski definition) is 4. The van der Waals surface area contributed by atoms with Gasteiger partial charge in [0.05, 0.1) is 23.8 Å². The molecule has 0 saturated heterocycles. The van der Waals surface area contributed by atoms with E-state index in [0.29, 0.717) is 0 Å². The van der Waals surface area contributed by atoms with Gasteiger partial charge < -0.3 is 5.73 Å². The first-order valence-electron chi connectivity index (χ1n) is 5.41. The lowest BCUT2D eigenvalue weighted by Crippen LogP contribution is -2.09. The molecule has 0 aliphatic rings. The van der Waals surface area contributed by atoms with E-state index in [1.165, 1.54) is 4.80 Å². The molecule has 84 valence electrons. The third kappa shape index (κ3) is 1.76. The zero-order valence-electron chi connectivity index (χ0n) is 9.51. The fourth-order valence-corrected chi connectivity index (χ4v) is 1.64. The van der Waals surface area contributed by atoms with Crippen molar-refractivity contribution in [3.63, 3.8) is 0 Å². The van der Waals surface area contributed by atoms with Crippen molar-refractivity contribution in [3.05, 3.63) is 29.7 Å². The van der Waals surface area contributed by atoms with Crippen molar-refractivity contribution in [2.75, 3.05) is 5.73 Å². The predicted octanol–water partition coefficient (Wildman–Crippen LogP) is 1.37. The van der Waals surface area contributed by atoms with Crippen molar-refractivity contribution in [2.24, 2.45) is 0 Å². The number of nitrogen functional groups attached to an aromatic ring is 1. The Morgan fingerprint density at radius 2 is 1.88 bits per heavy atom. The molecule has 16 heavy (non-hydrogen) atoms. The summed E-state index contributed by atoms with van der Waals surface area (Å²) in [6.45, 7) is 4.10. The second-order valence-corrected chi connectivity index (χ2v) is 3.53. The molecule has 0 spiro atoms. The molecule has 0 atom stereocenters. The largest absolute Gasteiger partial charge is 0.397 e. The van der Waals surface area contributed by atoms with Gasteiger partial charge in [0.2, 0.25) is 0 Å². The van der Waals surface area contributed by atoms with Gasteiger partial charge in [-0.25, -0.2) is 4.98 Å². The van der Waals surface area contributed by atoms with Crippen molar-refractivity contribution < 1.29 is 0 Å². The van der Waals surface area contributed by atoms with E-state index in [4.69, 9.17) is 5.73 Å². The van der Waals surface area contributed by atoms with Crippen LogP contribution in [0.1, 0.15) is 25.1 Å². The van der Waals surface area contributed by atoms with E-state index in [1.54, 1.807) is 12.4 Å². The zero-order chi connectivity index (χ0) is 11.5. The van der Waals surface area contributed by atoms with Gasteiger partial charge in [0, 0.05) is 5.56 Å². The van der Waals surface area contributed by atoms with Crippen LogP contribution in [0.25, 0.3) is 5.82 Å². The van der Waals surface area contributed by atoms with Crippen molar-refractivity contribution in [2.45, 2.75) is 26.7 Å². The van der Waals surface area contributed by atoms with E-state index in [9.17, 15) is 0 Å². The molecule has 2 rings (SSSR count). The van der Waals surface area contributed by atoms with Crippen LogP contribution in [0.3, 0.4) is 0 Å². The SMILES string of the molecule is CCc1cc(N)c(CC)nc1-n1nccn1. The number of hydrogen-bond donors (Lipinski definition) is 1. The van der Waals surface area contributed by atoms with Gasteiger partial charge in [-0.1, -0.05) is 13.8 Å². The summed E-state index contributed by atoms with van der Waals surface area (Å²) in [5, 5.41) is 8.20. The lowest BCUT2D eigenvalue weighted by atomic mass is 10.1. The highest BCUT2D eigenvalue weighted by Gasteiger charge is 2.10. The summed E-state index contributed by atoms with van der Waals surface area (Å²) in [5.74, 6) is 0.776. The summed E-state index contributed by atoms with van der Waals surface area (Å²) in [6, 6.07) is 1.96. The van der Waals surface area contributed by atoms with Gasteiger partial charge in [-0.05, 0) is 18.9 Å². The number of pyridine rings is 1. The second-order valence-electron chi connectivity index (χ2n) is 3.53. The van der Waals surface area contributed by atoms with E-state index >= 15 is 0 Å². The Balaban J connectivity index is 2.58. The molecular formula is C11H15N5. The lowest BCUT2D eigenvalue weighted by Gasteiger charge is -2.10. The maximum Gasteiger partial charge on any atom is 0.177 e. The molecule has 5 nitrogen and oxygen atoms in total. The van der Waals surface area contributed by atoms with E-state index in [1.807, 2.05) is 13.0 Å². The molecule has 0 aliphatic carbocycles. The van der Waals surface area contributed by atoms with Crippen LogP contribution in [0.2, 0.25) is 0 Å². The summed E-state index contributed by atoms with van der Waals surface area (Å²) in [4.78, 5) is 6.06. The Hall–Kier alpha value is -1.91. The minimum absolute atomic E-state index is 0.746. The molecule has 2 N–H and O–H groups in total. The first-order valence-corrected chi connectivity index (χ1v) is 5.41. The van der Waals surface area contributed by atoms with Crippen molar-refractivity contribution in [1.29, 1.82) is 0 Å². The van der Waals surface area contributed by atoms with Crippen molar-refractivity contribution >= 4 is 5.69 Å². The summed E-state index contributed by atoms with van der Waals surface area (Å²) in [5.41, 5.74) is 8.62. The highest BCUT2D eigenvalue weighted by molar-refractivity contribution is 5.50. The van der Waals surface area contributed by atoms with Crippen LogP contribution in [0, 0.1) is 0 Å². The number of nitrogens with zero attached hydrogens (tertiary/aromatic N) is 4. The molecule has 0 unspecified atom stereocenters. The van der Waals surface area contributed by atoms with Crippen LogP contribution in [0.15, 0.2) is 18.5 Å². The molecule has 0 aliphatic heterocycles. The maximum absolute atomic E-state index is 5.92. The van der Waals surface area contributed by atoms with E-state index in [0.717, 1.165) is 35.6 Å². The molecule has 2 aromatic rings. The summed E-state index contributed by atoms with van der Waals surface area (Å²) < 4.78 is 0. The number of aryl methyl sites for hydroxylation is 2. The molecule has 0 fully saturated rings. The second kappa shape index (κ2) is 4.30. The smallest absolute Gasteiger partial charge is 0.177 e. The first kappa shape index (κ1) is 10.6. The Morgan fingerprint density at radius 1 is 1.19 bits per heavy atom. The zero-order valence-corrected chi connectivity index (χ0v) is 9.51. The van der Waals surface area contributed by atoms with Crippen LogP contribution in [-0.4, -0.2) is 20.0 Å². The van der Waals surface area contributed by atoms with Crippen LogP contribution in [0.4, 0.5) is 5.69 Å². The van der Waals surface area contributed by atoms with Gasteiger partial charge in [0.15, 0.2) is 5.82 Å². The molecule has 0 amide bonds. The molecular weight excluding hydrogens is 202 g/mol. The average molecular weight is 217 g/mol.